The van der Waals surface area contributed by atoms with Crippen LogP contribution in [0, 0.1) is 6.92 Å². The fraction of sp³-hybridized carbons (Fsp3) is 0.364. The molecule has 0 aliphatic carbocycles. The molecule has 1 atom stereocenters. The largest absolute Gasteiger partial charge is 0.507 e. The number of halogens is 3. The number of alkyl halides is 3. The number of thioether (sulfide) groups is 1. The monoisotopic (exact) mass is 277 g/mol. The van der Waals surface area contributed by atoms with Gasteiger partial charge in [-0.2, -0.15) is 13.2 Å². The molecule has 0 spiro atoms. The minimum absolute atomic E-state index is 0.0160. The van der Waals surface area contributed by atoms with Crippen LogP contribution < -0.4 is 5.32 Å². The van der Waals surface area contributed by atoms with Gasteiger partial charge in [-0.25, -0.2) is 0 Å². The van der Waals surface area contributed by atoms with Gasteiger partial charge in [-0.15, -0.1) is 11.8 Å². The van der Waals surface area contributed by atoms with Crippen molar-refractivity contribution < 1.29 is 23.1 Å². The van der Waals surface area contributed by atoms with Gasteiger partial charge >= 0.3 is 6.18 Å². The Morgan fingerprint density at radius 3 is 2.61 bits per heavy atom. The number of aromatic hydroxyl groups is 1. The lowest BCUT2D eigenvalue weighted by atomic mass is 10.0. The molecule has 3 nitrogen and oxygen atoms in total. The van der Waals surface area contributed by atoms with Crippen molar-refractivity contribution in [1.29, 1.82) is 0 Å². The number of carbonyl (C=O) groups excluding carboxylic acids is 1. The first kappa shape index (κ1) is 13.1. The van der Waals surface area contributed by atoms with Crippen molar-refractivity contribution in [3.05, 3.63) is 28.8 Å². The second kappa shape index (κ2) is 4.38. The topological polar surface area (TPSA) is 49.3 Å². The Bertz CT molecular complexity index is 502. The molecule has 0 radical (unpaired) electrons. The number of carbonyl (C=O) groups is 1. The third-order valence-electron chi connectivity index (χ3n) is 2.61. The Morgan fingerprint density at radius 1 is 1.44 bits per heavy atom. The molecule has 1 saturated heterocycles. The van der Waals surface area contributed by atoms with Crippen LogP contribution in [0.15, 0.2) is 12.1 Å². The SMILES string of the molecule is Cc1cc(C2SCNC2=O)c(O)c(C(F)(F)F)c1. The van der Waals surface area contributed by atoms with E-state index in [-0.39, 0.29) is 11.5 Å². The fourth-order valence-corrected chi connectivity index (χ4v) is 2.80. The van der Waals surface area contributed by atoms with E-state index in [2.05, 4.69) is 5.32 Å². The van der Waals surface area contributed by atoms with Crippen LogP contribution in [-0.4, -0.2) is 16.9 Å². The normalized spacial score (nSPS) is 20.0. The van der Waals surface area contributed by atoms with E-state index in [0.29, 0.717) is 11.4 Å². The van der Waals surface area contributed by atoms with Gasteiger partial charge in [0.25, 0.3) is 0 Å². The molecular formula is C11H10F3NO2S. The third kappa shape index (κ3) is 2.27. The molecule has 1 amide bonds. The number of phenolic OH excluding ortho intramolecular Hbond substituents is 1. The van der Waals surface area contributed by atoms with Crippen molar-refractivity contribution in [2.24, 2.45) is 0 Å². The zero-order valence-corrected chi connectivity index (χ0v) is 10.2. The molecule has 1 aliphatic rings. The number of amides is 1. The summed E-state index contributed by atoms with van der Waals surface area (Å²) in [5.74, 6) is -0.908. The van der Waals surface area contributed by atoms with Gasteiger partial charge in [0.1, 0.15) is 11.0 Å². The Morgan fingerprint density at radius 2 is 2.11 bits per heavy atom. The van der Waals surface area contributed by atoms with Gasteiger partial charge in [-0.05, 0) is 18.6 Å². The van der Waals surface area contributed by atoms with E-state index < -0.39 is 22.7 Å². The van der Waals surface area contributed by atoms with Crippen LogP contribution in [0.25, 0.3) is 0 Å². The van der Waals surface area contributed by atoms with Gasteiger partial charge < -0.3 is 10.4 Å². The molecule has 2 rings (SSSR count). The Hall–Kier alpha value is -1.37. The molecule has 0 aromatic heterocycles. The number of phenols is 1. The number of benzene rings is 1. The lowest BCUT2D eigenvalue weighted by molar-refractivity contribution is -0.139. The van der Waals surface area contributed by atoms with Crippen molar-refractivity contribution in [3.8, 4) is 5.75 Å². The second-order valence-corrected chi connectivity index (χ2v) is 5.07. The summed E-state index contributed by atoms with van der Waals surface area (Å²) in [6.45, 7) is 1.50. The molecule has 18 heavy (non-hydrogen) atoms. The van der Waals surface area contributed by atoms with E-state index in [9.17, 15) is 23.1 Å². The lowest BCUT2D eigenvalue weighted by Gasteiger charge is -2.16. The summed E-state index contributed by atoms with van der Waals surface area (Å²) in [7, 11) is 0. The zero-order chi connectivity index (χ0) is 13.5. The summed E-state index contributed by atoms with van der Waals surface area (Å²) in [5.41, 5.74) is -0.726. The fourth-order valence-electron chi connectivity index (χ4n) is 1.82. The predicted octanol–water partition coefficient (Wildman–Crippen LogP) is 2.58. The molecule has 1 fully saturated rings. The average molecular weight is 277 g/mol. The Balaban J connectivity index is 2.55. The smallest absolute Gasteiger partial charge is 0.419 e. The molecule has 2 N–H and O–H groups in total. The highest BCUT2D eigenvalue weighted by molar-refractivity contribution is 8.00. The molecular weight excluding hydrogens is 267 g/mol. The first-order valence-electron chi connectivity index (χ1n) is 5.10. The van der Waals surface area contributed by atoms with E-state index >= 15 is 0 Å². The van der Waals surface area contributed by atoms with E-state index in [1.54, 1.807) is 0 Å². The highest BCUT2D eigenvalue weighted by Gasteiger charge is 2.38. The quantitative estimate of drug-likeness (QED) is 0.829. The number of hydrogen-bond acceptors (Lipinski definition) is 3. The average Bonchev–Trinajstić information content (AvgIpc) is 2.66. The summed E-state index contributed by atoms with van der Waals surface area (Å²) in [6.07, 6.45) is -4.63. The maximum atomic E-state index is 12.7. The minimum atomic E-state index is -4.63. The summed E-state index contributed by atoms with van der Waals surface area (Å²) in [4.78, 5) is 11.5. The van der Waals surface area contributed by atoms with Crippen LogP contribution in [0.1, 0.15) is 21.9 Å². The summed E-state index contributed by atoms with van der Waals surface area (Å²) in [6, 6.07) is 2.28. The van der Waals surface area contributed by atoms with Crippen LogP contribution in [-0.2, 0) is 11.0 Å². The maximum Gasteiger partial charge on any atom is 0.419 e. The number of nitrogens with one attached hydrogen (secondary N) is 1. The van der Waals surface area contributed by atoms with Gasteiger partial charge in [-0.3, -0.25) is 4.79 Å². The first-order valence-corrected chi connectivity index (χ1v) is 6.15. The van der Waals surface area contributed by atoms with Crippen molar-refractivity contribution >= 4 is 17.7 Å². The van der Waals surface area contributed by atoms with Gasteiger partial charge in [0.2, 0.25) is 5.91 Å². The molecule has 1 aromatic rings. The minimum Gasteiger partial charge on any atom is -0.507 e. The van der Waals surface area contributed by atoms with Crippen molar-refractivity contribution in [1.82, 2.24) is 5.32 Å². The van der Waals surface area contributed by atoms with E-state index in [0.717, 1.165) is 17.8 Å². The van der Waals surface area contributed by atoms with Crippen molar-refractivity contribution in [2.75, 3.05) is 5.88 Å². The third-order valence-corrected chi connectivity index (χ3v) is 3.72. The maximum absolute atomic E-state index is 12.7. The van der Waals surface area contributed by atoms with Gasteiger partial charge in [-0.1, -0.05) is 6.07 Å². The number of hydrogen-bond donors (Lipinski definition) is 2. The Labute approximate surface area is 105 Å². The van der Waals surface area contributed by atoms with Crippen LogP contribution in [0.2, 0.25) is 0 Å². The van der Waals surface area contributed by atoms with Gasteiger partial charge in [0, 0.05) is 5.56 Å². The summed E-state index contributed by atoms with van der Waals surface area (Å²) >= 11 is 1.16. The molecule has 0 saturated carbocycles. The Kier molecular flexibility index (Phi) is 3.18. The van der Waals surface area contributed by atoms with Gasteiger partial charge in [0.05, 0.1) is 11.4 Å². The molecule has 98 valence electrons. The zero-order valence-electron chi connectivity index (χ0n) is 9.34. The lowest BCUT2D eigenvalue weighted by Crippen LogP contribution is -2.18. The molecule has 1 heterocycles. The van der Waals surface area contributed by atoms with Crippen molar-refractivity contribution in [3.63, 3.8) is 0 Å². The van der Waals surface area contributed by atoms with Crippen molar-refractivity contribution in [2.45, 2.75) is 18.3 Å². The van der Waals surface area contributed by atoms with E-state index in [1.165, 1.54) is 13.0 Å². The molecule has 1 aliphatic heterocycles. The molecule has 1 aromatic carbocycles. The summed E-state index contributed by atoms with van der Waals surface area (Å²) < 4.78 is 38.2. The molecule has 0 bridgehead atoms. The second-order valence-electron chi connectivity index (χ2n) is 3.98. The van der Waals surface area contributed by atoms with E-state index in [4.69, 9.17) is 0 Å². The summed E-state index contributed by atoms with van der Waals surface area (Å²) in [5, 5.41) is 11.4. The van der Waals surface area contributed by atoms with Crippen LogP contribution >= 0.6 is 11.8 Å². The van der Waals surface area contributed by atoms with Crippen LogP contribution in [0.5, 0.6) is 5.75 Å². The number of rotatable bonds is 1. The first-order chi connectivity index (χ1) is 8.30. The number of aryl methyl sites for hydroxylation is 1. The standard InChI is InChI=1S/C11H10F3NO2S/c1-5-2-6(9-10(17)15-4-18-9)8(16)7(3-5)11(12,13)14/h2-3,9,16H,4H2,1H3,(H,15,17). The van der Waals surface area contributed by atoms with Gasteiger partial charge in [0.15, 0.2) is 0 Å². The van der Waals surface area contributed by atoms with Crippen LogP contribution in [0.4, 0.5) is 13.2 Å². The van der Waals surface area contributed by atoms with Crippen LogP contribution in [0.3, 0.4) is 0 Å². The van der Waals surface area contributed by atoms with E-state index in [1.807, 2.05) is 0 Å². The molecule has 1 unspecified atom stereocenters. The highest BCUT2D eigenvalue weighted by Crippen LogP contribution is 2.44. The predicted molar refractivity (Wildman–Crippen MR) is 61.2 cm³/mol. The molecule has 7 heteroatoms. The highest BCUT2D eigenvalue weighted by atomic mass is 32.2.